The number of carbonyl (C=O) groups is 1. The van der Waals surface area contributed by atoms with E-state index in [1.165, 1.54) is 6.42 Å². The molecule has 0 N–H and O–H groups in total. The average molecular weight is 242 g/mol. The summed E-state index contributed by atoms with van der Waals surface area (Å²) in [5.41, 5.74) is 0.999. The van der Waals surface area contributed by atoms with Gasteiger partial charge in [0, 0.05) is 5.33 Å². The maximum absolute atomic E-state index is 10.9. The number of rotatable bonds is 4. The van der Waals surface area contributed by atoms with Crippen molar-refractivity contribution in [2.24, 2.45) is 0 Å². The van der Waals surface area contributed by atoms with Gasteiger partial charge in [0.15, 0.2) is 0 Å². The van der Waals surface area contributed by atoms with Gasteiger partial charge in [0.2, 0.25) is 0 Å². The van der Waals surface area contributed by atoms with E-state index in [9.17, 15) is 4.79 Å². The van der Waals surface area contributed by atoms with Crippen molar-refractivity contribution in [2.75, 3.05) is 5.33 Å². The third kappa shape index (κ3) is 4.08. The lowest BCUT2D eigenvalue weighted by Crippen LogP contribution is -2.05. The summed E-state index contributed by atoms with van der Waals surface area (Å²) in [5.74, 6) is -0.291. The Morgan fingerprint density at radius 2 is 2.08 bits per heavy atom. The zero-order valence-electron chi connectivity index (χ0n) is 7.07. The molecule has 1 radical (unpaired) electrons. The molecule has 69 valence electrons. The van der Waals surface area contributed by atoms with Crippen molar-refractivity contribution in [1.29, 1.82) is 0 Å². The van der Waals surface area contributed by atoms with E-state index in [2.05, 4.69) is 15.9 Å². The number of ether oxygens (including phenoxy) is 1. The second-order valence-corrected chi connectivity index (χ2v) is 3.10. The Bertz CT molecular complexity index is 259. The number of hydrogen-bond acceptors (Lipinski definition) is 2. The van der Waals surface area contributed by atoms with Crippen LogP contribution in [0.4, 0.5) is 0 Å². The molecular weight excluding hydrogens is 232 g/mol. The van der Waals surface area contributed by atoms with Gasteiger partial charge >= 0.3 is 5.97 Å². The van der Waals surface area contributed by atoms with E-state index in [0.717, 1.165) is 5.56 Å². The van der Waals surface area contributed by atoms with Crippen molar-refractivity contribution in [3.05, 3.63) is 42.3 Å². The van der Waals surface area contributed by atoms with Crippen LogP contribution in [0.5, 0.6) is 0 Å². The largest absolute Gasteiger partial charge is 0.461 e. The van der Waals surface area contributed by atoms with Crippen LogP contribution in [0.25, 0.3) is 0 Å². The van der Waals surface area contributed by atoms with Crippen molar-refractivity contribution in [1.82, 2.24) is 0 Å². The summed E-state index contributed by atoms with van der Waals surface area (Å²) in [6.45, 7) is 0.336. The Morgan fingerprint density at radius 1 is 1.38 bits per heavy atom. The average Bonchev–Trinajstić information content (AvgIpc) is 2.17. The van der Waals surface area contributed by atoms with Crippen molar-refractivity contribution in [3.63, 3.8) is 0 Å². The van der Waals surface area contributed by atoms with Crippen LogP contribution < -0.4 is 0 Å². The first kappa shape index (κ1) is 10.3. The van der Waals surface area contributed by atoms with Gasteiger partial charge in [0.05, 0.1) is 6.42 Å². The fourth-order valence-corrected chi connectivity index (χ4v) is 1.11. The minimum atomic E-state index is -0.291. The number of benzene rings is 1. The number of hydrogen-bond donors (Lipinski definition) is 0. The minimum Gasteiger partial charge on any atom is -0.461 e. The van der Waals surface area contributed by atoms with E-state index < -0.39 is 0 Å². The second-order valence-electron chi connectivity index (χ2n) is 2.45. The number of halogens is 1. The molecule has 0 spiro atoms. The molecule has 0 aliphatic rings. The summed E-state index contributed by atoms with van der Waals surface area (Å²) in [6, 6.07) is 9.59. The number of carbonyl (C=O) groups excluding carboxylic acids is 1. The third-order valence-corrected chi connectivity index (χ3v) is 1.79. The maximum Gasteiger partial charge on any atom is 0.311 e. The van der Waals surface area contributed by atoms with Crippen molar-refractivity contribution >= 4 is 21.9 Å². The van der Waals surface area contributed by atoms with E-state index >= 15 is 0 Å². The number of alkyl halides is 1. The SMILES string of the molecule is O=C([CH]CBr)OCc1ccccc1. The topological polar surface area (TPSA) is 26.3 Å². The first-order chi connectivity index (χ1) is 6.33. The summed E-state index contributed by atoms with van der Waals surface area (Å²) in [6.07, 6.45) is 1.45. The molecule has 0 fully saturated rings. The van der Waals surface area contributed by atoms with Gasteiger partial charge in [-0.25, -0.2) is 0 Å². The van der Waals surface area contributed by atoms with Crippen LogP contribution in [0.2, 0.25) is 0 Å². The Labute approximate surface area is 86.0 Å². The Morgan fingerprint density at radius 3 is 2.69 bits per heavy atom. The molecule has 0 heterocycles. The monoisotopic (exact) mass is 241 g/mol. The zero-order valence-corrected chi connectivity index (χ0v) is 8.66. The molecule has 0 aliphatic carbocycles. The van der Waals surface area contributed by atoms with E-state index in [0.29, 0.717) is 11.9 Å². The molecule has 2 nitrogen and oxygen atoms in total. The fraction of sp³-hybridized carbons (Fsp3) is 0.200. The Kier molecular flexibility index (Phi) is 4.54. The normalized spacial score (nSPS) is 9.62. The van der Waals surface area contributed by atoms with Gasteiger partial charge in [0.25, 0.3) is 0 Å². The highest BCUT2D eigenvalue weighted by Crippen LogP contribution is 2.01. The minimum absolute atomic E-state index is 0.291. The van der Waals surface area contributed by atoms with Crippen LogP contribution in [0.15, 0.2) is 30.3 Å². The predicted molar refractivity (Wildman–Crippen MR) is 54.3 cm³/mol. The first-order valence-corrected chi connectivity index (χ1v) is 5.05. The maximum atomic E-state index is 10.9. The van der Waals surface area contributed by atoms with Crippen LogP contribution >= 0.6 is 15.9 Å². The van der Waals surface area contributed by atoms with Gasteiger partial charge in [-0.2, -0.15) is 0 Å². The van der Waals surface area contributed by atoms with Gasteiger partial charge in [0.1, 0.15) is 6.61 Å². The van der Waals surface area contributed by atoms with Crippen LogP contribution in [-0.2, 0) is 16.1 Å². The second kappa shape index (κ2) is 5.75. The van der Waals surface area contributed by atoms with E-state index in [-0.39, 0.29) is 5.97 Å². The lowest BCUT2D eigenvalue weighted by Gasteiger charge is -2.02. The van der Waals surface area contributed by atoms with Crippen molar-refractivity contribution in [2.45, 2.75) is 6.61 Å². The highest BCUT2D eigenvalue weighted by atomic mass is 79.9. The predicted octanol–water partition coefficient (Wildman–Crippen LogP) is 2.33. The Balaban J connectivity index is 2.31. The number of esters is 1. The molecule has 1 rings (SSSR count). The van der Waals surface area contributed by atoms with Crippen LogP contribution in [0.3, 0.4) is 0 Å². The molecule has 0 atom stereocenters. The lowest BCUT2D eigenvalue weighted by molar-refractivity contribution is -0.140. The molecule has 3 heteroatoms. The summed E-state index contributed by atoms with van der Waals surface area (Å²) < 4.78 is 4.94. The highest BCUT2D eigenvalue weighted by molar-refractivity contribution is 9.09. The quantitative estimate of drug-likeness (QED) is 0.598. The van der Waals surface area contributed by atoms with Gasteiger partial charge in [-0.1, -0.05) is 46.3 Å². The van der Waals surface area contributed by atoms with Gasteiger partial charge in [-0.15, -0.1) is 0 Å². The molecule has 0 bridgehead atoms. The fourth-order valence-electron chi connectivity index (χ4n) is 0.851. The molecule has 1 aromatic rings. The van der Waals surface area contributed by atoms with E-state index in [1.54, 1.807) is 0 Å². The lowest BCUT2D eigenvalue weighted by atomic mass is 10.2. The van der Waals surface area contributed by atoms with E-state index in [1.807, 2.05) is 30.3 Å². The molecule has 0 unspecified atom stereocenters. The smallest absolute Gasteiger partial charge is 0.311 e. The summed E-state index contributed by atoms with van der Waals surface area (Å²) in [4.78, 5) is 10.9. The third-order valence-electron chi connectivity index (χ3n) is 1.47. The van der Waals surface area contributed by atoms with Crippen LogP contribution in [0.1, 0.15) is 5.56 Å². The molecule has 0 saturated heterocycles. The standard InChI is InChI=1S/C10H10BrO2/c11-7-6-10(12)13-8-9-4-2-1-3-5-9/h1-6H,7-8H2. The Hall–Kier alpha value is -0.830. The molecular formula is C10H10BrO2. The molecule has 0 amide bonds. The van der Waals surface area contributed by atoms with Gasteiger partial charge in [-0.3, -0.25) is 4.79 Å². The van der Waals surface area contributed by atoms with E-state index in [4.69, 9.17) is 4.74 Å². The molecule has 0 saturated carbocycles. The molecule has 0 aliphatic heterocycles. The van der Waals surface area contributed by atoms with Crippen LogP contribution in [-0.4, -0.2) is 11.3 Å². The highest BCUT2D eigenvalue weighted by Gasteiger charge is 2.01. The first-order valence-electron chi connectivity index (χ1n) is 3.93. The summed E-state index contributed by atoms with van der Waals surface area (Å²) >= 11 is 3.12. The van der Waals surface area contributed by atoms with Gasteiger partial charge in [-0.05, 0) is 5.56 Å². The summed E-state index contributed by atoms with van der Waals surface area (Å²) in [7, 11) is 0. The molecule has 1 aromatic carbocycles. The summed E-state index contributed by atoms with van der Waals surface area (Å²) in [5, 5.41) is 0.528. The van der Waals surface area contributed by atoms with Crippen molar-refractivity contribution < 1.29 is 9.53 Å². The zero-order chi connectivity index (χ0) is 9.52. The molecule has 13 heavy (non-hydrogen) atoms. The van der Waals surface area contributed by atoms with Crippen LogP contribution in [0, 0.1) is 6.42 Å². The molecule has 0 aromatic heterocycles. The van der Waals surface area contributed by atoms with Gasteiger partial charge < -0.3 is 4.74 Å². The van der Waals surface area contributed by atoms with Crippen molar-refractivity contribution in [3.8, 4) is 0 Å².